The van der Waals surface area contributed by atoms with Crippen molar-refractivity contribution in [2.24, 2.45) is 5.92 Å². The summed E-state index contributed by atoms with van der Waals surface area (Å²) in [5.41, 5.74) is 5.65. The van der Waals surface area contributed by atoms with Crippen LogP contribution in [0.2, 0.25) is 0 Å². The van der Waals surface area contributed by atoms with E-state index in [2.05, 4.69) is 60.2 Å². The average Bonchev–Trinajstić information content (AvgIpc) is 3.52. The van der Waals surface area contributed by atoms with Crippen molar-refractivity contribution in [2.75, 3.05) is 63.9 Å². The summed E-state index contributed by atoms with van der Waals surface area (Å²) in [6, 6.07) is 0. The number of piperazine rings is 1. The molecule has 8 nitrogen and oxygen atoms in total. The van der Waals surface area contributed by atoms with E-state index in [1.807, 2.05) is 0 Å². The molecule has 0 amide bonds. The topological polar surface area (TPSA) is 73.4 Å². The quantitative estimate of drug-likeness (QED) is 0.519. The molecule has 2 radical (unpaired) electrons. The van der Waals surface area contributed by atoms with Gasteiger partial charge in [0.05, 0.1) is 29.6 Å². The van der Waals surface area contributed by atoms with E-state index in [0.717, 1.165) is 111 Å². The summed E-state index contributed by atoms with van der Waals surface area (Å²) in [4.78, 5) is 24.9. The van der Waals surface area contributed by atoms with Crippen molar-refractivity contribution < 1.29 is 4.74 Å². The molecule has 3 aromatic heterocycles. The fourth-order valence-corrected chi connectivity index (χ4v) is 5.97. The highest BCUT2D eigenvalue weighted by Gasteiger charge is 2.23. The van der Waals surface area contributed by atoms with Crippen LogP contribution in [-0.4, -0.2) is 96.6 Å². The first-order chi connectivity index (χ1) is 17.6. The van der Waals surface area contributed by atoms with E-state index in [1.54, 1.807) is 17.5 Å². The molecule has 10 heteroatoms. The first-order valence-electron chi connectivity index (χ1n) is 12.8. The number of anilines is 1. The number of H-pyrrole nitrogens is 1. The van der Waals surface area contributed by atoms with Crippen LogP contribution in [0.15, 0.2) is 29.8 Å². The third-order valence-electron chi connectivity index (χ3n) is 7.32. The van der Waals surface area contributed by atoms with Crippen molar-refractivity contribution in [1.82, 2.24) is 29.7 Å². The lowest BCUT2D eigenvalue weighted by molar-refractivity contribution is 0.0335. The third-order valence-corrected chi connectivity index (χ3v) is 8.14. The Morgan fingerprint density at radius 1 is 1.11 bits per heavy atom. The van der Waals surface area contributed by atoms with Crippen molar-refractivity contribution >= 4 is 47.1 Å². The van der Waals surface area contributed by atoms with Crippen molar-refractivity contribution in [1.29, 1.82) is 0 Å². The van der Waals surface area contributed by atoms with E-state index >= 15 is 0 Å². The molecule has 1 atom stereocenters. The van der Waals surface area contributed by atoms with Crippen LogP contribution in [0.4, 0.5) is 5.69 Å². The van der Waals surface area contributed by atoms with Gasteiger partial charge in [-0.15, -0.1) is 11.3 Å². The molecule has 3 aromatic rings. The van der Waals surface area contributed by atoms with Crippen molar-refractivity contribution in [3.63, 3.8) is 0 Å². The number of aryl methyl sites for hydroxylation is 1. The maximum atomic E-state index is 6.46. The lowest BCUT2D eigenvalue weighted by Gasteiger charge is -2.36. The summed E-state index contributed by atoms with van der Waals surface area (Å²) < 4.78 is 5.48. The Hall–Kier alpha value is -2.53. The zero-order valence-electron chi connectivity index (χ0n) is 20.8. The molecule has 1 unspecified atom stereocenters. The Balaban J connectivity index is 1.14. The highest BCUT2D eigenvalue weighted by atomic mass is 32.1. The molecule has 2 aliphatic heterocycles. The summed E-state index contributed by atoms with van der Waals surface area (Å²) in [6.07, 6.45) is 9.59. The molecule has 0 saturated carbocycles. The maximum Gasteiger partial charge on any atom is 0.180 e. The van der Waals surface area contributed by atoms with Gasteiger partial charge in [-0.3, -0.25) is 9.80 Å². The van der Waals surface area contributed by atoms with Gasteiger partial charge in [0.1, 0.15) is 19.2 Å². The van der Waals surface area contributed by atoms with Gasteiger partial charge in [-0.2, -0.15) is 0 Å². The number of ether oxygens (including phenoxy) is 1. The molecule has 5 heterocycles. The van der Waals surface area contributed by atoms with Crippen LogP contribution in [0.25, 0.3) is 16.7 Å². The number of nitrogens with one attached hydrogen (secondary N) is 1. The summed E-state index contributed by atoms with van der Waals surface area (Å²) >= 11 is 1.72. The van der Waals surface area contributed by atoms with E-state index < -0.39 is 0 Å². The van der Waals surface area contributed by atoms with Gasteiger partial charge in [-0.25, -0.2) is 15.0 Å². The number of thiazole rings is 1. The molecule has 1 aliphatic carbocycles. The summed E-state index contributed by atoms with van der Waals surface area (Å²) in [5, 5.41) is 3.29. The van der Waals surface area contributed by atoms with Crippen molar-refractivity contribution in [3.8, 4) is 0 Å². The molecule has 2 fully saturated rings. The minimum atomic E-state index is 0.532. The van der Waals surface area contributed by atoms with Gasteiger partial charge in [-0.05, 0) is 19.3 Å². The van der Waals surface area contributed by atoms with E-state index in [0.29, 0.717) is 11.4 Å². The molecular formula is C26H32BN7OS. The van der Waals surface area contributed by atoms with Gasteiger partial charge in [0.25, 0.3) is 0 Å². The van der Waals surface area contributed by atoms with Gasteiger partial charge in [0.2, 0.25) is 0 Å². The molecule has 36 heavy (non-hydrogen) atoms. The molecule has 0 spiro atoms. The van der Waals surface area contributed by atoms with Gasteiger partial charge in [-0.1, -0.05) is 23.7 Å². The van der Waals surface area contributed by atoms with Crippen LogP contribution in [-0.2, 0) is 11.3 Å². The molecule has 2 saturated heterocycles. The number of hydrogen-bond donors (Lipinski definition) is 1. The second kappa shape index (κ2) is 10.5. The van der Waals surface area contributed by atoms with Crippen LogP contribution >= 0.6 is 11.3 Å². The number of allylic oxidation sites excluding steroid dienone is 3. The summed E-state index contributed by atoms with van der Waals surface area (Å²) in [6.45, 7) is 11.5. The number of aromatic amines is 1. The number of rotatable bonds is 6. The number of aromatic nitrogens is 4. The largest absolute Gasteiger partial charge is 0.379 e. The number of hydrogen-bond acceptors (Lipinski definition) is 8. The summed E-state index contributed by atoms with van der Waals surface area (Å²) in [5.74, 6) is 1.40. The Morgan fingerprint density at radius 3 is 2.67 bits per heavy atom. The van der Waals surface area contributed by atoms with Gasteiger partial charge in [0.15, 0.2) is 5.65 Å². The second-order valence-electron chi connectivity index (χ2n) is 9.89. The van der Waals surface area contributed by atoms with E-state index in [1.165, 1.54) is 0 Å². The minimum absolute atomic E-state index is 0.532. The normalized spacial score (nSPS) is 21.9. The first kappa shape index (κ1) is 23.8. The zero-order chi connectivity index (χ0) is 24.5. The Labute approximate surface area is 217 Å². The summed E-state index contributed by atoms with van der Waals surface area (Å²) in [7, 11) is 6.46. The molecule has 0 aromatic carbocycles. The zero-order valence-corrected chi connectivity index (χ0v) is 21.6. The number of fused-ring (bicyclic) bond motifs is 1. The molecule has 186 valence electrons. The van der Waals surface area contributed by atoms with Crippen LogP contribution in [0.3, 0.4) is 0 Å². The SMILES string of the molecule is [B]c1cnc2nc(C3=CCC(CN4CCOCC4)C=C3)[nH]c2c1N1CCN(Cc2csc(C)n2)CC1. The van der Waals surface area contributed by atoms with Crippen molar-refractivity contribution in [3.05, 3.63) is 46.3 Å². The number of imidazole rings is 1. The highest BCUT2D eigenvalue weighted by Crippen LogP contribution is 2.28. The number of nitrogens with zero attached hydrogens (tertiary/aromatic N) is 6. The predicted molar refractivity (Wildman–Crippen MR) is 146 cm³/mol. The molecule has 3 aliphatic rings. The first-order valence-corrected chi connectivity index (χ1v) is 13.7. The van der Waals surface area contributed by atoms with Gasteiger partial charge >= 0.3 is 0 Å². The smallest absolute Gasteiger partial charge is 0.180 e. The Bertz CT molecular complexity index is 1270. The fraction of sp³-hybridized carbons (Fsp3) is 0.500. The number of pyridine rings is 1. The standard InChI is InChI=1S/C26H32BN7OS/c1-18-29-21(17-36-18)16-32-6-8-34(9-7-32)24-22(27)14-28-26-23(24)30-25(31-26)20-4-2-19(3-5-20)15-33-10-12-35-13-11-33/h2,4-5,14,17,19H,3,6-13,15-16H2,1H3,(H,28,30,31). The fourth-order valence-electron chi connectivity index (χ4n) is 5.37. The van der Waals surface area contributed by atoms with E-state index in [-0.39, 0.29) is 0 Å². The van der Waals surface area contributed by atoms with Crippen LogP contribution in [0.5, 0.6) is 0 Å². The number of morpholine rings is 1. The predicted octanol–water partition coefficient (Wildman–Crippen LogP) is 2.13. The van der Waals surface area contributed by atoms with E-state index in [4.69, 9.17) is 17.6 Å². The lowest BCUT2D eigenvalue weighted by atomic mass is 9.94. The second-order valence-corrected chi connectivity index (χ2v) is 11.0. The lowest BCUT2D eigenvalue weighted by Crippen LogP contribution is -2.47. The van der Waals surface area contributed by atoms with Gasteiger partial charge in [0, 0.05) is 69.5 Å². The molecule has 6 rings (SSSR count). The Kier molecular flexibility index (Phi) is 6.93. The van der Waals surface area contributed by atoms with Crippen LogP contribution in [0.1, 0.15) is 22.9 Å². The van der Waals surface area contributed by atoms with Crippen molar-refractivity contribution in [2.45, 2.75) is 19.9 Å². The highest BCUT2D eigenvalue weighted by molar-refractivity contribution is 7.09. The maximum absolute atomic E-state index is 6.46. The minimum Gasteiger partial charge on any atom is -0.379 e. The molecular weight excluding hydrogens is 469 g/mol. The monoisotopic (exact) mass is 501 g/mol. The average molecular weight is 501 g/mol. The Morgan fingerprint density at radius 2 is 1.94 bits per heavy atom. The third kappa shape index (κ3) is 5.13. The van der Waals surface area contributed by atoms with Crippen LogP contribution < -0.4 is 10.4 Å². The van der Waals surface area contributed by atoms with E-state index in [9.17, 15) is 0 Å². The van der Waals surface area contributed by atoms with Gasteiger partial charge < -0.3 is 14.6 Å². The molecule has 1 N–H and O–H groups in total. The molecule has 0 bridgehead atoms. The van der Waals surface area contributed by atoms with Crippen LogP contribution in [0, 0.1) is 12.8 Å².